The molecule has 2 heterocycles. The third-order valence-electron chi connectivity index (χ3n) is 3.42. The van der Waals surface area contributed by atoms with Crippen molar-refractivity contribution in [2.24, 2.45) is 0 Å². The fourth-order valence-electron chi connectivity index (χ4n) is 2.39. The Bertz CT molecular complexity index is 391. The van der Waals surface area contributed by atoms with Gasteiger partial charge in [0.2, 0.25) is 11.9 Å². The van der Waals surface area contributed by atoms with Gasteiger partial charge in [-0.3, -0.25) is 4.90 Å². The number of likely N-dealkylation sites (tertiary alicyclic amines) is 1. The first-order valence-electron chi connectivity index (χ1n) is 6.72. The third-order valence-corrected chi connectivity index (χ3v) is 3.42. The summed E-state index contributed by atoms with van der Waals surface area (Å²) in [5.74, 6) is 1.06. The smallest absolute Gasteiger partial charge is 0.322 e. The highest BCUT2D eigenvalue weighted by Gasteiger charge is 2.22. The highest BCUT2D eigenvalue weighted by Crippen LogP contribution is 2.17. The molecule has 7 nitrogen and oxygen atoms in total. The molecule has 19 heavy (non-hydrogen) atoms. The summed E-state index contributed by atoms with van der Waals surface area (Å²) in [7, 11) is 3.32. The maximum absolute atomic E-state index is 5.06. The van der Waals surface area contributed by atoms with Crippen LogP contribution in [0.5, 0.6) is 6.01 Å². The average molecular weight is 266 g/mol. The molecule has 0 saturated carbocycles. The monoisotopic (exact) mass is 266 g/mol. The van der Waals surface area contributed by atoms with Gasteiger partial charge in [0.25, 0.3) is 0 Å². The Morgan fingerprint density at radius 2 is 2.11 bits per heavy atom. The van der Waals surface area contributed by atoms with Gasteiger partial charge in [0, 0.05) is 19.6 Å². The van der Waals surface area contributed by atoms with Crippen LogP contribution < -0.4 is 15.4 Å². The van der Waals surface area contributed by atoms with Crippen LogP contribution in [0.3, 0.4) is 0 Å². The number of methoxy groups -OCH3 is 1. The number of hydrogen-bond donors (Lipinski definition) is 2. The molecule has 1 aliphatic rings. The van der Waals surface area contributed by atoms with Crippen molar-refractivity contribution in [3.63, 3.8) is 0 Å². The minimum absolute atomic E-state index is 0.320. The van der Waals surface area contributed by atoms with E-state index < -0.39 is 0 Å². The molecule has 0 radical (unpaired) electrons. The van der Waals surface area contributed by atoms with Crippen LogP contribution in [0.4, 0.5) is 11.9 Å². The molecule has 1 atom stereocenters. The van der Waals surface area contributed by atoms with E-state index in [1.54, 1.807) is 14.2 Å². The number of hydrogen-bond acceptors (Lipinski definition) is 7. The lowest BCUT2D eigenvalue weighted by molar-refractivity contribution is 0.276. The largest absolute Gasteiger partial charge is 0.467 e. The highest BCUT2D eigenvalue weighted by atomic mass is 16.5. The zero-order chi connectivity index (χ0) is 13.7. The van der Waals surface area contributed by atoms with Crippen molar-refractivity contribution in [1.82, 2.24) is 19.9 Å². The quantitative estimate of drug-likeness (QED) is 0.789. The first kappa shape index (κ1) is 13.8. The molecule has 0 spiro atoms. The van der Waals surface area contributed by atoms with Crippen molar-refractivity contribution in [2.45, 2.75) is 25.8 Å². The van der Waals surface area contributed by atoms with E-state index >= 15 is 0 Å². The normalized spacial score (nSPS) is 19.4. The van der Waals surface area contributed by atoms with E-state index in [-0.39, 0.29) is 0 Å². The van der Waals surface area contributed by atoms with Crippen molar-refractivity contribution in [2.75, 3.05) is 44.4 Å². The van der Waals surface area contributed by atoms with Crippen LogP contribution in [-0.2, 0) is 0 Å². The molecular weight excluding hydrogens is 244 g/mol. The number of nitrogens with zero attached hydrogens (tertiary/aromatic N) is 4. The summed E-state index contributed by atoms with van der Waals surface area (Å²) >= 11 is 0. The number of likely N-dealkylation sites (N-methyl/N-ethyl adjacent to an activating group) is 1. The van der Waals surface area contributed by atoms with Gasteiger partial charge in [-0.1, -0.05) is 6.92 Å². The molecule has 2 N–H and O–H groups in total. The van der Waals surface area contributed by atoms with Crippen LogP contribution in [0.25, 0.3) is 0 Å². The third kappa shape index (κ3) is 3.44. The second-order valence-corrected chi connectivity index (χ2v) is 4.52. The minimum Gasteiger partial charge on any atom is -0.467 e. The molecule has 2 rings (SSSR count). The molecule has 1 aliphatic heterocycles. The van der Waals surface area contributed by atoms with Gasteiger partial charge in [-0.25, -0.2) is 0 Å². The van der Waals surface area contributed by atoms with Crippen molar-refractivity contribution in [1.29, 1.82) is 0 Å². The Morgan fingerprint density at radius 1 is 1.32 bits per heavy atom. The van der Waals surface area contributed by atoms with Crippen LogP contribution in [0, 0.1) is 0 Å². The molecule has 1 fully saturated rings. The lowest BCUT2D eigenvalue weighted by Gasteiger charge is -2.22. The summed E-state index contributed by atoms with van der Waals surface area (Å²) in [4.78, 5) is 15.0. The van der Waals surface area contributed by atoms with Gasteiger partial charge in [0.15, 0.2) is 0 Å². The Morgan fingerprint density at radius 3 is 2.79 bits per heavy atom. The van der Waals surface area contributed by atoms with E-state index in [0.29, 0.717) is 23.9 Å². The maximum Gasteiger partial charge on any atom is 0.322 e. The first-order valence-corrected chi connectivity index (χ1v) is 6.72. The maximum atomic E-state index is 5.06. The van der Waals surface area contributed by atoms with Gasteiger partial charge in [-0.15, -0.1) is 0 Å². The molecule has 0 aromatic carbocycles. The molecule has 106 valence electrons. The van der Waals surface area contributed by atoms with E-state index in [1.807, 2.05) is 0 Å². The standard InChI is InChI=1S/C12H22N6O/c1-4-18-7-5-6-9(18)8-14-11-15-10(13-2)16-12(17-11)19-3/h9H,4-8H2,1-3H3,(H2,13,14,15,16,17). The average Bonchev–Trinajstić information content (AvgIpc) is 2.92. The topological polar surface area (TPSA) is 75.2 Å². The van der Waals surface area contributed by atoms with Crippen LogP contribution in [0.1, 0.15) is 19.8 Å². The van der Waals surface area contributed by atoms with Gasteiger partial charge < -0.3 is 15.4 Å². The Kier molecular flexibility index (Phi) is 4.73. The molecule has 1 aromatic rings. The summed E-state index contributed by atoms with van der Waals surface area (Å²) in [5.41, 5.74) is 0. The summed E-state index contributed by atoms with van der Waals surface area (Å²) in [6.07, 6.45) is 2.49. The van der Waals surface area contributed by atoms with E-state index in [9.17, 15) is 0 Å². The molecule has 0 aliphatic carbocycles. The highest BCUT2D eigenvalue weighted by molar-refractivity contribution is 5.35. The Labute approximate surface area is 113 Å². The minimum atomic E-state index is 0.320. The van der Waals surface area contributed by atoms with Crippen molar-refractivity contribution >= 4 is 11.9 Å². The molecule has 7 heteroatoms. The van der Waals surface area contributed by atoms with Gasteiger partial charge in [-0.2, -0.15) is 15.0 Å². The molecule has 1 saturated heterocycles. The van der Waals surface area contributed by atoms with Crippen LogP contribution in [0.2, 0.25) is 0 Å². The number of aromatic nitrogens is 3. The zero-order valence-electron chi connectivity index (χ0n) is 11.8. The predicted molar refractivity (Wildman–Crippen MR) is 74.7 cm³/mol. The molecular formula is C12H22N6O. The number of nitrogens with one attached hydrogen (secondary N) is 2. The summed E-state index contributed by atoms with van der Waals surface area (Å²) in [6.45, 7) is 5.33. The van der Waals surface area contributed by atoms with Gasteiger partial charge in [0.1, 0.15) is 0 Å². The van der Waals surface area contributed by atoms with E-state index in [4.69, 9.17) is 4.74 Å². The fraction of sp³-hybridized carbons (Fsp3) is 0.750. The zero-order valence-corrected chi connectivity index (χ0v) is 11.8. The fourth-order valence-corrected chi connectivity index (χ4v) is 2.39. The van der Waals surface area contributed by atoms with Crippen molar-refractivity contribution in [3.8, 4) is 6.01 Å². The van der Waals surface area contributed by atoms with E-state index in [0.717, 1.165) is 13.1 Å². The van der Waals surface area contributed by atoms with Gasteiger partial charge >= 0.3 is 6.01 Å². The van der Waals surface area contributed by atoms with E-state index in [1.165, 1.54) is 19.4 Å². The van der Waals surface area contributed by atoms with Crippen LogP contribution in [0.15, 0.2) is 0 Å². The van der Waals surface area contributed by atoms with Crippen molar-refractivity contribution < 1.29 is 4.74 Å². The number of ether oxygens (including phenoxy) is 1. The summed E-state index contributed by atoms with van der Waals surface area (Å²) < 4.78 is 5.06. The molecule has 1 unspecified atom stereocenters. The van der Waals surface area contributed by atoms with Crippen LogP contribution >= 0.6 is 0 Å². The van der Waals surface area contributed by atoms with Crippen LogP contribution in [-0.4, -0.2) is 59.7 Å². The van der Waals surface area contributed by atoms with Gasteiger partial charge in [0.05, 0.1) is 7.11 Å². The second kappa shape index (κ2) is 6.51. The van der Waals surface area contributed by atoms with E-state index in [2.05, 4.69) is 37.4 Å². The molecule has 0 amide bonds. The Hall–Kier alpha value is -1.63. The molecule has 1 aromatic heterocycles. The molecule has 0 bridgehead atoms. The second-order valence-electron chi connectivity index (χ2n) is 4.52. The summed E-state index contributed by atoms with van der Waals surface area (Å²) in [5, 5.41) is 6.17. The van der Waals surface area contributed by atoms with Crippen molar-refractivity contribution in [3.05, 3.63) is 0 Å². The Balaban J connectivity index is 1.98. The number of rotatable bonds is 6. The summed E-state index contributed by atoms with van der Waals surface area (Å²) in [6, 6.07) is 0.881. The lowest BCUT2D eigenvalue weighted by Crippen LogP contribution is -2.35. The first-order chi connectivity index (χ1) is 9.26. The number of anilines is 2. The van der Waals surface area contributed by atoms with Gasteiger partial charge in [-0.05, 0) is 25.9 Å². The predicted octanol–water partition coefficient (Wildman–Crippen LogP) is 0.818. The SMILES string of the molecule is CCN1CCCC1CNc1nc(NC)nc(OC)n1. The lowest BCUT2D eigenvalue weighted by atomic mass is 10.2.